The van der Waals surface area contributed by atoms with Gasteiger partial charge in [0.1, 0.15) is 0 Å². The lowest BCUT2D eigenvalue weighted by atomic mass is 10.3. The molecule has 1 aromatic rings. The minimum atomic E-state index is 0.493. The van der Waals surface area contributed by atoms with Crippen LogP contribution in [0.5, 0.6) is 0 Å². The van der Waals surface area contributed by atoms with Crippen LogP contribution < -0.4 is 10.5 Å². The highest BCUT2D eigenvalue weighted by Crippen LogP contribution is 2.16. The van der Waals surface area contributed by atoms with E-state index in [2.05, 4.69) is 18.6 Å². The molecule has 2 nitrogen and oxygen atoms in total. The van der Waals surface area contributed by atoms with E-state index in [0.29, 0.717) is 6.04 Å². The summed E-state index contributed by atoms with van der Waals surface area (Å²) in [6, 6.07) is 8.33. The van der Waals surface area contributed by atoms with Crippen LogP contribution in [0.2, 0.25) is 0 Å². The fourth-order valence-electron chi connectivity index (χ4n) is 0.722. The standard InChI is InChI=1S/C9H14N2S/c1-7(2)11-12-9-5-3-8(10)4-6-9/h3-7,11H,10H2,1-2H3. The molecule has 0 fully saturated rings. The Bertz CT molecular complexity index is 231. The molecule has 0 spiro atoms. The number of nitrogen functional groups attached to an aromatic ring is 1. The maximum absolute atomic E-state index is 5.55. The zero-order chi connectivity index (χ0) is 8.97. The molecule has 0 saturated carbocycles. The molecule has 0 radical (unpaired) electrons. The van der Waals surface area contributed by atoms with E-state index in [4.69, 9.17) is 5.73 Å². The van der Waals surface area contributed by atoms with Crippen LogP contribution in [-0.2, 0) is 0 Å². The van der Waals surface area contributed by atoms with Gasteiger partial charge in [-0.1, -0.05) is 0 Å². The van der Waals surface area contributed by atoms with E-state index >= 15 is 0 Å². The van der Waals surface area contributed by atoms with Crippen molar-refractivity contribution in [1.82, 2.24) is 4.72 Å². The molecule has 0 saturated heterocycles. The Labute approximate surface area is 77.7 Å². The van der Waals surface area contributed by atoms with Gasteiger partial charge in [0, 0.05) is 16.6 Å². The first-order chi connectivity index (χ1) is 5.68. The monoisotopic (exact) mass is 182 g/mol. The summed E-state index contributed by atoms with van der Waals surface area (Å²) in [5.41, 5.74) is 6.36. The molecule has 1 rings (SSSR count). The first-order valence-corrected chi connectivity index (χ1v) is 4.78. The first kappa shape index (κ1) is 9.42. The van der Waals surface area contributed by atoms with Gasteiger partial charge in [-0.15, -0.1) is 0 Å². The van der Waals surface area contributed by atoms with E-state index in [-0.39, 0.29) is 0 Å². The Hall–Kier alpha value is -0.670. The van der Waals surface area contributed by atoms with Crippen LogP contribution in [0.1, 0.15) is 13.8 Å². The van der Waals surface area contributed by atoms with Gasteiger partial charge >= 0.3 is 0 Å². The fourth-order valence-corrected chi connectivity index (χ4v) is 1.37. The zero-order valence-corrected chi connectivity index (χ0v) is 8.19. The third-order valence-corrected chi connectivity index (χ3v) is 2.39. The van der Waals surface area contributed by atoms with E-state index < -0.39 is 0 Å². The lowest BCUT2D eigenvalue weighted by Crippen LogP contribution is -2.13. The van der Waals surface area contributed by atoms with Gasteiger partial charge in [-0.3, -0.25) is 4.72 Å². The summed E-state index contributed by atoms with van der Waals surface area (Å²) in [6.45, 7) is 4.23. The number of anilines is 1. The average molecular weight is 182 g/mol. The lowest BCUT2D eigenvalue weighted by molar-refractivity contribution is 0.771. The smallest absolute Gasteiger partial charge is 0.0314 e. The minimum absolute atomic E-state index is 0.493. The van der Waals surface area contributed by atoms with Gasteiger partial charge in [-0.25, -0.2) is 0 Å². The number of benzene rings is 1. The number of hydrogen-bond donors (Lipinski definition) is 2. The van der Waals surface area contributed by atoms with Crippen molar-refractivity contribution in [3.8, 4) is 0 Å². The Morgan fingerprint density at radius 1 is 1.25 bits per heavy atom. The molecule has 0 amide bonds. The number of nitrogens with one attached hydrogen (secondary N) is 1. The van der Waals surface area contributed by atoms with Crippen LogP contribution in [-0.4, -0.2) is 6.04 Å². The number of hydrogen-bond acceptors (Lipinski definition) is 3. The second-order valence-corrected chi connectivity index (χ2v) is 3.85. The molecule has 3 N–H and O–H groups in total. The highest BCUT2D eigenvalue weighted by atomic mass is 32.2. The highest BCUT2D eigenvalue weighted by Gasteiger charge is 1.94. The molecule has 0 aliphatic heterocycles. The summed E-state index contributed by atoms with van der Waals surface area (Å²) in [5.74, 6) is 0. The lowest BCUT2D eigenvalue weighted by Gasteiger charge is -2.06. The van der Waals surface area contributed by atoms with Crippen molar-refractivity contribution in [2.45, 2.75) is 24.8 Å². The Balaban J connectivity index is 2.48. The van der Waals surface area contributed by atoms with Gasteiger partial charge in [-0.2, -0.15) is 0 Å². The summed E-state index contributed by atoms with van der Waals surface area (Å²) in [5, 5.41) is 0. The molecule has 1 aromatic carbocycles. The summed E-state index contributed by atoms with van der Waals surface area (Å²) in [4.78, 5) is 1.19. The molecule has 0 bridgehead atoms. The SMILES string of the molecule is CC(C)NSc1ccc(N)cc1. The summed E-state index contributed by atoms with van der Waals surface area (Å²) >= 11 is 1.63. The van der Waals surface area contributed by atoms with E-state index in [1.54, 1.807) is 11.9 Å². The minimum Gasteiger partial charge on any atom is -0.399 e. The van der Waals surface area contributed by atoms with Crippen molar-refractivity contribution < 1.29 is 0 Å². The molecular formula is C9H14N2S. The maximum atomic E-state index is 5.55. The van der Waals surface area contributed by atoms with Crippen molar-refractivity contribution >= 4 is 17.6 Å². The van der Waals surface area contributed by atoms with Gasteiger partial charge < -0.3 is 5.73 Å². The third kappa shape index (κ3) is 3.15. The second-order valence-electron chi connectivity index (χ2n) is 2.94. The summed E-state index contributed by atoms with van der Waals surface area (Å²) < 4.78 is 3.26. The molecular weight excluding hydrogens is 168 g/mol. The fraction of sp³-hybridized carbons (Fsp3) is 0.333. The van der Waals surface area contributed by atoms with Crippen LogP contribution in [0.4, 0.5) is 5.69 Å². The van der Waals surface area contributed by atoms with Crippen LogP contribution in [0, 0.1) is 0 Å². The number of nitrogens with two attached hydrogens (primary N) is 1. The van der Waals surface area contributed by atoms with Crippen molar-refractivity contribution in [3.05, 3.63) is 24.3 Å². The Morgan fingerprint density at radius 2 is 1.83 bits per heavy atom. The Morgan fingerprint density at radius 3 is 2.33 bits per heavy atom. The molecule has 66 valence electrons. The summed E-state index contributed by atoms with van der Waals surface area (Å²) in [7, 11) is 0. The summed E-state index contributed by atoms with van der Waals surface area (Å²) in [6.07, 6.45) is 0. The van der Waals surface area contributed by atoms with Crippen LogP contribution in [0.15, 0.2) is 29.2 Å². The quantitative estimate of drug-likeness (QED) is 0.556. The normalized spacial score (nSPS) is 10.6. The van der Waals surface area contributed by atoms with Crippen molar-refractivity contribution in [2.24, 2.45) is 0 Å². The molecule has 0 aromatic heterocycles. The highest BCUT2D eigenvalue weighted by molar-refractivity contribution is 7.97. The van der Waals surface area contributed by atoms with Crippen molar-refractivity contribution in [2.75, 3.05) is 5.73 Å². The van der Waals surface area contributed by atoms with Gasteiger partial charge in [0.15, 0.2) is 0 Å². The van der Waals surface area contributed by atoms with Crippen molar-refractivity contribution in [3.63, 3.8) is 0 Å². The van der Waals surface area contributed by atoms with Gasteiger partial charge in [-0.05, 0) is 50.1 Å². The van der Waals surface area contributed by atoms with Gasteiger partial charge in [0.2, 0.25) is 0 Å². The van der Waals surface area contributed by atoms with Crippen LogP contribution in [0.25, 0.3) is 0 Å². The predicted octanol–water partition coefficient (Wildman–Crippen LogP) is 2.27. The predicted molar refractivity (Wildman–Crippen MR) is 55.0 cm³/mol. The average Bonchev–Trinajstić information content (AvgIpc) is 2.03. The topological polar surface area (TPSA) is 38.0 Å². The van der Waals surface area contributed by atoms with Gasteiger partial charge in [0.25, 0.3) is 0 Å². The molecule has 0 aliphatic rings. The van der Waals surface area contributed by atoms with Gasteiger partial charge in [0.05, 0.1) is 0 Å². The molecule has 3 heteroatoms. The number of rotatable bonds is 3. The zero-order valence-electron chi connectivity index (χ0n) is 7.37. The van der Waals surface area contributed by atoms with E-state index in [1.807, 2.05) is 24.3 Å². The molecule has 0 heterocycles. The largest absolute Gasteiger partial charge is 0.399 e. The second kappa shape index (κ2) is 4.38. The van der Waals surface area contributed by atoms with Crippen molar-refractivity contribution in [1.29, 1.82) is 0 Å². The van der Waals surface area contributed by atoms with E-state index in [9.17, 15) is 0 Å². The van der Waals surface area contributed by atoms with Crippen LogP contribution >= 0.6 is 11.9 Å². The molecule has 0 aliphatic carbocycles. The molecule has 0 unspecified atom stereocenters. The molecule has 12 heavy (non-hydrogen) atoms. The Kier molecular flexibility index (Phi) is 3.44. The van der Waals surface area contributed by atoms with E-state index in [0.717, 1.165) is 5.69 Å². The third-order valence-electron chi connectivity index (χ3n) is 1.29. The van der Waals surface area contributed by atoms with Crippen LogP contribution in [0.3, 0.4) is 0 Å². The maximum Gasteiger partial charge on any atom is 0.0314 e. The first-order valence-electron chi connectivity index (χ1n) is 3.96. The molecule has 0 atom stereocenters. The van der Waals surface area contributed by atoms with E-state index in [1.165, 1.54) is 4.90 Å².